The minimum atomic E-state index is -1.09. The Kier molecular flexibility index (Phi) is 5.61. The number of ether oxygens (including phenoxy) is 1. The van der Waals surface area contributed by atoms with Crippen LogP contribution >= 0.6 is 11.3 Å². The van der Waals surface area contributed by atoms with E-state index in [1.807, 2.05) is 22.9 Å². The second-order valence-electron chi connectivity index (χ2n) is 4.68. The van der Waals surface area contributed by atoms with Crippen molar-refractivity contribution in [1.29, 1.82) is 5.26 Å². The van der Waals surface area contributed by atoms with E-state index in [9.17, 15) is 13.6 Å². The molecule has 1 aromatic heterocycles. The Bertz CT molecular complexity index is 680. The molecule has 2 aromatic rings. The van der Waals surface area contributed by atoms with Crippen LogP contribution in [0.25, 0.3) is 0 Å². The Hall–Kier alpha value is -2.26. The topological polar surface area (TPSA) is 50.1 Å². The molecule has 0 spiro atoms. The van der Waals surface area contributed by atoms with Gasteiger partial charge in [-0.15, -0.1) is 0 Å². The second-order valence-corrected chi connectivity index (χ2v) is 5.46. The van der Waals surface area contributed by atoms with Crippen LogP contribution in [0.3, 0.4) is 0 Å². The molecule has 0 bridgehead atoms. The Labute approximate surface area is 130 Å². The number of carbonyl (C=O) groups excluding carboxylic acids is 1. The number of halogens is 2. The first-order valence-electron chi connectivity index (χ1n) is 6.62. The van der Waals surface area contributed by atoms with E-state index in [0.717, 1.165) is 17.7 Å². The van der Waals surface area contributed by atoms with Gasteiger partial charge in [0.25, 0.3) is 0 Å². The van der Waals surface area contributed by atoms with Gasteiger partial charge in [-0.05, 0) is 40.4 Å². The predicted octanol–water partition coefficient (Wildman–Crippen LogP) is 3.64. The summed E-state index contributed by atoms with van der Waals surface area (Å²) in [7, 11) is 0. The fraction of sp³-hybridized carbons (Fsp3) is 0.250. The Morgan fingerprint density at radius 2 is 2.18 bits per heavy atom. The van der Waals surface area contributed by atoms with Gasteiger partial charge in [0, 0.05) is 18.9 Å². The average Bonchev–Trinajstić information content (AvgIpc) is 3.00. The molecule has 114 valence electrons. The van der Waals surface area contributed by atoms with Crippen molar-refractivity contribution >= 4 is 17.3 Å². The molecule has 0 aliphatic rings. The fourth-order valence-corrected chi connectivity index (χ4v) is 2.60. The van der Waals surface area contributed by atoms with Crippen LogP contribution in [0.15, 0.2) is 35.0 Å². The smallest absolute Gasteiger partial charge is 0.307 e. The van der Waals surface area contributed by atoms with E-state index in [2.05, 4.69) is 0 Å². The number of carbonyl (C=O) groups is 1. The summed E-state index contributed by atoms with van der Waals surface area (Å²) < 4.78 is 31.4. The van der Waals surface area contributed by atoms with Crippen LogP contribution in [0.4, 0.5) is 8.78 Å². The van der Waals surface area contributed by atoms with Crippen LogP contribution in [0.2, 0.25) is 0 Å². The molecule has 0 aliphatic heterocycles. The second kappa shape index (κ2) is 7.66. The van der Waals surface area contributed by atoms with Crippen LogP contribution in [0, 0.1) is 23.0 Å². The largest absolute Gasteiger partial charge is 0.447 e. The summed E-state index contributed by atoms with van der Waals surface area (Å²) in [6.07, 6.45) is -0.506. The molecule has 0 saturated heterocycles. The number of benzene rings is 1. The molecule has 0 fully saturated rings. The minimum absolute atomic E-state index is 0.104. The van der Waals surface area contributed by atoms with Crippen molar-refractivity contribution in [2.45, 2.75) is 25.4 Å². The molecule has 1 aromatic carbocycles. The number of aryl methyl sites for hydroxylation is 1. The monoisotopic (exact) mass is 321 g/mol. The lowest BCUT2D eigenvalue weighted by Gasteiger charge is -2.11. The normalized spacial score (nSPS) is 11.7. The number of hydrogen-bond donors (Lipinski definition) is 0. The Morgan fingerprint density at radius 1 is 1.36 bits per heavy atom. The number of nitriles is 1. The van der Waals surface area contributed by atoms with Gasteiger partial charge in [-0.1, -0.05) is 6.07 Å². The van der Waals surface area contributed by atoms with Crippen molar-refractivity contribution in [3.05, 3.63) is 57.8 Å². The molecule has 0 amide bonds. The number of nitrogens with zero attached hydrogens (tertiary/aromatic N) is 1. The summed E-state index contributed by atoms with van der Waals surface area (Å²) in [5.74, 6) is -1.96. The maximum Gasteiger partial charge on any atom is 0.307 e. The molecule has 1 atom stereocenters. The molecule has 0 unspecified atom stereocenters. The molecule has 0 N–H and O–H groups in total. The molecule has 6 heteroatoms. The van der Waals surface area contributed by atoms with Gasteiger partial charge in [0.1, 0.15) is 17.7 Å². The van der Waals surface area contributed by atoms with E-state index in [1.54, 1.807) is 0 Å². The summed E-state index contributed by atoms with van der Waals surface area (Å²) in [6.45, 7) is 0. The minimum Gasteiger partial charge on any atom is -0.447 e. The SMILES string of the molecule is N#C[C@H](Cc1ccc(F)cc1F)OC(=O)CCc1ccsc1. The van der Waals surface area contributed by atoms with E-state index < -0.39 is 23.7 Å². The number of esters is 1. The summed E-state index contributed by atoms with van der Waals surface area (Å²) in [5.41, 5.74) is 1.17. The number of thiophene rings is 1. The van der Waals surface area contributed by atoms with Crippen LogP contribution in [-0.2, 0) is 22.4 Å². The van der Waals surface area contributed by atoms with Crippen molar-refractivity contribution in [3.8, 4) is 6.07 Å². The van der Waals surface area contributed by atoms with E-state index in [-0.39, 0.29) is 18.4 Å². The molecule has 1 heterocycles. The lowest BCUT2D eigenvalue weighted by Crippen LogP contribution is -2.20. The van der Waals surface area contributed by atoms with E-state index >= 15 is 0 Å². The van der Waals surface area contributed by atoms with Gasteiger partial charge < -0.3 is 4.74 Å². The lowest BCUT2D eigenvalue weighted by molar-refractivity contribution is -0.146. The maximum absolute atomic E-state index is 13.5. The van der Waals surface area contributed by atoms with Crippen molar-refractivity contribution in [2.75, 3.05) is 0 Å². The van der Waals surface area contributed by atoms with Gasteiger partial charge in [0.05, 0.1) is 0 Å². The van der Waals surface area contributed by atoms with Crippen molar-refractivity contribution in [2.24, 2.45) is 0 Å². The first kappa shape index (κ1) is 16.1. The average molecular weight is 321 g/mol. The van der Waals surface area contributed by atoms with Gasteiger partial charge in [-0.25, -0.2) is 8.78 Å². The quantitative estimate of drug-likeness (QED) is 0.763. The van der Waals surface area contributed by atoms with Gasteiger partial charge in [-0.3, -0.25) is 4.79 Å². The highest BCUT2D eigenvalue weighted by atomic mass is 32.1. The van der Waals surface area contributed by atoms with E-state index in [1.165, 1.54) is 17.4 Å². The molecule has 22 heavy (non-hydrogen) atoms. The molecule has 0 radical (unpaired) electrons. The third-order valence-electron chi connectivity index (χ3n) is 3.04. The first-order chi connectivity index (χ1) is 10.6. The van der Waals surface area contributed by atoms with Crippen LogP contribution in [0.1, 0.15) is 17.5 Å². The van der Waals surface area contributed by atoms with Crippen LogP contribution < -0.4 is 0 Å². The standard InChI is InChI=1S/C16H13F2NO2S/c17-13-3-2-12(15(18)8-13)7-14(9-19)21-16(20)4-1-11-5-6-22-10-11/h2-3,5-6,8,10,14H,1,4,7H2/t14-/m0/s1. The zero-order valence-electron chi connectivity index (χ0n) is 11.6. The van der Waals surface area contributed by atoms with Gasteiger partial charge in [0.2, 0.25) is 0 Å². The Balaban J connectivity index is 1.88. The van der Waals surface area contributed by atoms with Crippen molar-refractivity contribution < 1.29 is 18.3 Å². The van der Waals surface area contributed by atoms with E-state index in [0.29, 0.717) is 6.42 Å². The maximum atomic E-state index is 13.5. The number of hydrogen-bond acceptors (Lipinski definition) is 4. The van der Waals surface area contributed by atoms with Crippen LogP contribution in [0.5, 0.6) is 0 Å². The zero-order chi connectivity index (χ0) is 15.9. The zero-order valence-corrected chi connectivity index (χ0v) is 12.4. The number of rotatable bonds is 6. The van der Waals surface area contributed by atoms with Gasteiger partial charge in [-0.2, -0.15) is 16.6 Å². The van der Waals surface area contributed by atoms with Gasteiger partial charge >= 0.3 is 5.97 Å². The highest BCUT2D eigenvalue weighted by molar-refractivity contribution is 7.07. The van der Waals surface area contributed by atoms with Crippen molar-refractivity contribution in [1.82, 2.24) is 0 Å². The third kappa shape index (κ3) is 4.64. The van der Waals surface area contributed by atoms with E-state index in [4.69, 9.17) is 10.00 Å². The summed E-state index contributed by atoms with van der Waals surface area (Å²) in [6, 6.07) is 6.81. The summed E-state index contributed by atoms with van der Waals surface area (Å²) in [5, 5.41) is 12.9. The molecule has 3 nitrogen and oxygen atoms in total. The molecule has 0 aliphatic carbocycles. The first-order valence-corrected chi connectivity index (χ1v) is 7.57. The summed E-state index contributed by atoms with van der Waals surface area (Å²) in [4.78, 5) is 11.7. The van der Waals surface area contributed by atoms with Crippen LogP contribution in [-0.4, -0.2) is 12.1 Å². The highest BCUT2D eigenvalue weighted by Gasteiger charge is 2.17. The Morgan fingerprint density at radius 3 is 2.82 bits per heavy atom. The lowest BCUT2D eigenvalue weighted by atomic mass is 10.1. The van der Waals surface area contributed by atoms with Crippen molar-refractivity contribution in [3.63, 3.8) is 0 Å². The third-order valence-corrected chi connectivity index (χ3v) is 3.77. The predicted molar refractivity (Wildman–Crippen MR) is 78.2 cm³/mol. The molecular weight excluding hydrogens is 308 g/mol. The highest BCUT2D eigenvalue weighted by Crippen LogP contribution is 2.14. The van der Waals surface area contributed by atoms with Gasteiger partial charge in [0.15, 0.2) is 6.10 Å². The molecule has 2 rings (SSSR count). The fourth-order valence-electron chi connectivity index (χ4n) is 1.90. The molecule has 0 saturated carbocycles. The molecular formula is C16H13F2NO2S. The summed E-state index contributed by atoms with van der Waals surface area (Å²) >= 11 is 1.54.